The summed E-state index contributed by atoms with van der Waals surface area (Å²) in [4.78, 5) is -0.229. The molecule has 1 aromatic carbocycles. The Morgan fingerprint density at radius 1 is 1.31 bits per heavy atom. The fourth-order valence-electron chi connectivity index (χ4n) is 0.918. The molecule has 13 heavy (non-hydrogen) atoms. The summed E-state index contributed by atoms with van der Waals surface area (Å²) in [7, 11) is 0. The van der Waals surface area contributed by atoms with Gasteiger partial charge in [0.1, 0.15) is 5.75 Å². The summed E-state index contributed by atoms with van der Waals surface area (Å²) in [6.45, 7) is 1.38. The third kappa shape index (κ3) is 1.91. The maximum atomic E-state index is 12.2. The molecule has 0 unspecified atom stereocenters. The maximum absolute atomic E-state index is 12.2. The molecule has 0 aliphatic carbocycles. The van der Waals surface area contributed by atoms with Gasteiger partial charge >= 0.3 is 6.18 Å². The molecule has 0 fully saturated rings. The zero-order chi connectivity index (χ0) is 10.2. The number of aromatic hydroxyl groups is 1. The molecule has 0 heterocycles. The summed E-state index contributed by atoms with van der Waals surface area (Å²) in [6, 6.07) is 1.82. The van der Waals surface area contributed by atoms with Crippen LogP contribution in [0.5, 0.6) is 5.75 Å². The van der Waals surface area contributed by atoms with Gasteiger partial charge in [-0.2, -0.15) is 13.2 Å². The van der Waals surface area contributed by atoms with Gasteiger partial charge in [-0.05, 0) is 19.1 Å². The first kappa shape index (κ1) is 10.2. The standard InChI is InChI=1S/C8H7F3OS/c1-4-6(12)3-2-5(7(4)13)8(9,10)11/h2-3,12-13H,1H3. The molecule has 72 valence electrons. The molecular formula is C8H7F3OS. The molecule has 0 radical (unpaired) electrons. The summed E-state index contributed by atoms with van der Waals surface area (Å²) in [5, 5.41) is 9.07. The lowest BCUT2D eigenvalue weighted by molar-refractivity contribution is -0.139. The Bertz CT molecular complexity index is 333. The van der Waals surface area contributed by atoms with Gasteiger partial charge in [0, 0.05) is 10.5 Å². The number of hydrogen-bond donors (Lipinski definition) is 2. The lowest BCUT2D eigenvalue weighted by atomic mass is 10.1. The molecule has 0 bridgehead atoms. The summed E-state index contributed by atoms with van der Waals surface area (Å²) in [6.07, 6.45) is -4.42. The Hall–Kier alpha value is -0.840. The van der Waals surface area contributed by atoms with Crippen molar-refractivity contribution >= 4 is 12.6 Å². The Morgan fingerprint density at radius 3 is 2.31 bits per heavy atom. The summed E-state index contributed by atoms with van der Waals surface area (Å²) in [5.74, 6) is -0.182. The van der Waals surface area contributed by atoms with Gasteiger partial charge in [0.25, 0.3) is 0 Å². The van der Waals surface area contributed by atoms with Crippen molar-refractivity contribution in [1.82, 2.24) is 0 Å². The first-order valence-electron chi connectivity index (χ1n) is 3.42. The molecule has 0 aliphatic heterocycles. The molecule has 0 aliphatic rings. The average molecular weight is 208 g/mol. The zero-order valence-electron chi connectivity index (χ0n) is 6.68. The van der Waals surface area contributed by atoms with E-state index in [4.69, 9.17) is 5.11 Å². The fourth-order valence-corrected chi connectivity index (χ4v) is 1.23. The first-order chi connectivity index (χ1) is 5.84. The highest BCUT2D eigenvalue weighted by Crippen LogP contribution is 2.37. The molecule has 0 atom stereocenters. The lowest BCUT2D eigenvalue weighted by Gasteiger charge is -2.11. The molecule has 1 nitrogen and oxygen atoms in total. The molecular weight excluding hydrogens is 201 g/mol. The average Bonchev–Trinajstić information content (AvgIpc) is 1.98. The number of phenols is 1. The van der Waals surface area contributed by atoms with E-state index in [0.29, 0.717) is 0 Å². The van der Waals surface area contributed by atoms with E-state index in [0.717, 1.165) is 12.1 Å². The van der Waals surface area contributed by atoms with E-state index in [2.05, 4.69) is 12.6 Å². The van der Waals surface area contributed by atoms with Crippen LogP contribution in [-0.2, 0) is 6.18 Å². The van der Waals surface area contributed by atoms with Crippen LogP contribution in [0.25, 0.3) is 0 Å². The molecule has 1 aromatic rings. The van der Waals surface area contributed by atoms with Crippen LogP contribution in [0.3, 0.4) is 0 Å². The first-order valence-corrected chi connectivity index (χ1v) is 3.87. The van der Waals surface area contributed by atoms with Gasteiger partial charge in [0.05, 0.1) is 5.56 Å². The number of benzene rings is 1. The van der Waals surface area contributed by atoms with E-state index in [1.807, 2.05) is 0 Å². The number of hydrogen-bond acceptors (Lipinski definition) is 2. The molecule has 0 saturated heterocycles. The third-order valence-corrected chi connectivity index (χ3v) is 2.28. The monoisotopic (exact) mass is 208 g/mol. The van der Waals surface area contributed by atoms with Gasteiger partial charge in [0.15, 0.2) is 0 Å². The Labute approximate surface area is 78.6 Å². The summed E-state index contributed by atoms with van der Waals surface area (Å²) < 4.78 is 36.7. The Balaban J connectivity index is 3.35. The number of rotatable bonds is 0. The second-order valence-corrected chi connectivity index (χ2v) is 3.05. The van der Waals surface area contributed by atoms with Crippen LogP contribution >= 0.6 is 12.6 Å². The van der Waals surface area contributed by atoms with Gasteiger partial charge in [-0.1, -0.05) is 0 Å². The molecule has 0 spiro atoms. The number of phenolic OH excluding ortho intramolecular Hbond substituents is 1. The third-order valence-electron chi connectivity index (χ3n) is 1.71. The van der Waals surface area contributed by atoms with Crippen molar-refractivity contribution in [3.05, 3.63) is 23.3 Å². The fraction of sp³-hybridized carbons (Fsp3) is 0.250. The number of alkyl halides is 3. The number of halogens is 3. The van der Waals surface area contributed by atoms with Crippen LogP contribution in [0.1, 0.15) is 11.1 Å². The zero-order valence-corrected chi connectivity index (χ0v) is 7.58. The minimum Gasteiger partial charge on any atom is -0.508 e. The van der Waals surface area contributed by atoms with Crippen molar-refractivity contribution in [1.29, 1.82) is 0 Å². The highest BCUT2D eigenvalue weighted by Gasteiger charge is 2.33. The van der Waals surface area contributed by atoms with E-state index < -0.39 is 11.7 Å². The van der Waals surface area contributed by atoms with E-state index >= 15 is 0 Å². The minimum absolute atomic E-state index is 0.137. The van der Waals surface area contributed by atoms with E-state index in [1.165, 1.54) is 6.92 Å². The second kappa shape index (κ2) is 3.14. The summed E-state index contributed by atoms with van der Waals surface area (Å²) >= 11 is 3.69. The van der Waals surface area contributed by atoms with Crippen molar-refractivity contribution in [3.8, 4) is 5.75 Å². The van der Waals surface area contributed by atoms with Gasteiger partial charge in [-0.3, -0.25) is 0 Å². The van der Waals surface area contributed by atoms with Gasteiger partial charge in [-0.15, -0.1) is 12.6 Å². The van der Waals surface area contributed by atoms with Crippen LogP contribution in [0.2, 0.25) is 0 Å². The minimum atomic E-state index is -4.42. The van der Waals surface area contributed by atoms with Crippen molar-refractivity contribution in [3.63, 3.8) is 0 Å². The molecule has 0 saturated carbocycles. The maximum Gasteiger partial charge on any atom is 0.417 e. The van der Waals surface area contributed by atoms with Crippen molar-refractivity contribution in [2.24, 2.45) is 0 Å². The SMILES string of the molecule is Cc1c(O)ccc(C(F)(F)F)c1S. The topological polar surface area (TPSA) is 20.2 Å². The summed E-state index contributed by atoms with van der Waals surface area (Å²) in [5.41, 5.74) is -0.690. The van der Waals surface area contributed by atoms with Gasteiger partial charge in [-0.25, -0.2) is 0 Å². The Morgan fingerprint density at radius 2 is 1.85 bits per heavy atom. The van der Waals surface area contributed by atoms with E-state index in [1.54, 1.807) is 0 Å². The smallest absolute Gasteiger partial charge is 0.417 e. The van der Waals surface area contributed by atoms with Crippen LogP contribution < -0.4 is 0 Å². The highest BCUT2D eigenvalue weighted by molar-refractivity contribution is 7.80. The molecule has 0 aromatic heterocycles. The van der Waals surface area contributed by atoms with Crippen LogP contribution in [0.4, 0.5) is 13.2 Å². The highest BCUT2D eigenvalue weighted by atomic mass is 32.1. The van der Waals surface area contributed by atoms with Crippen molar-refractivity contribution < 1.29 is 18.3 Å². The number of thiol groups is 1. The molecule has 1 N–H and O–H groups in total. The lowest BCUT2D eigenvalue weighted by Crippen LogP contribution is -2.06. The second-order valence-electron chi connectivity index (χ2n) is 2.60. The van der Waals surface area contributed by atoms with Gasteiger partial charge < -0.3 is 5.11 Å². The van der Waals surface area contributed by atoms with Gasteiger partial charge in [0.2, 0.25) is 0 Å². The molecule has 5 heteroatoms. The van der Waals surface area contributed by atoms with Crippen molar-refractivity contribution in [2.45, 2.75) is 18.0 Å². The van der Waals surface area contributed by atoms with Crippen molar-refractivity contribution in [2.75, 3.05) is 0 Å². The molecule has 1 rings (SSSR count). The normalized spacial score (nSPS) is 11.8. The van der Waals surface area contributed by atoms with Crippen LogP contribution in [0.15, 0.2) is 17.0 Å². The predicted molar refractivity (Wildman–Crippen MR) is 45.1 cm³/mol. The quantitative estimate of drug-likeness (QED) is 0.628. The Kier molecular flexibility index (Phi) is 2.47. The van der Waals surface area contributed by atoms with Crippen LogP contribution in [0, 0.1) is 6.92 Å². The largest absolute Gasteiger partial charge is 0.508 e. The van der Waals surface area contributed by atoms with Crippen LogP contribution in [-0.4, -0.2) is 5.11 Å². The van der Waals surface area contributed by atoms with E-state index in [9.17, 15) is 13.2 Å². The molecule has 0 amide bonds. The van der Waals surface area contributed by atoms with E-state index in [-0.39, 0.29) is 16.2 Å². The predicted octanol–water partition coefficient (Wildman–Crippen LogP) is 3.01.